The van der Waals surface area contributed by atoms with Gasteiger partial charge in [0.2, 0.25) is 5.56 Å². The van der Waals surface area contributed by atoms with E-state index in [4.69, 9.17) is 5.11 Å². The first-order valence-electron chi connectivity index (χ1n) is 6.22. The van der Waals surface area contributed by atoms with E-state index >= 15 is 0 Å². The van der Waals surface area contributed by atoms with Gasteiger partial charge in [0.25, 0.3) is 5.91 Å². The summed E-state index contributed by atoms with van der Waals surface area (Å²) in [6, 6.07) is 4.28. The number of hydrogen-bond donors (Lipinski definition) is 2. The molecule has 1 aromatic heterocycles. The Morgan fingerprint density at radius 3 is 2.74 bits per heavy atom. The van der Waals surface area contributed by atoms with Crippen molar-refractivity contribution < 1.29 is 14.7 Å². The molecule has 102 valence electrons. The van der Waals surface area contributed by atoms with E-state index in [-0.39, 0.29) is 23.2 Å². The van der Waals surface area contributed by atoms with Crippen LogP contribution in [0.15, 0.2) is 23.0 Å². The van der Waals surface area contributed by atoms with Crippen LogP contribution in [0.5, 0.6) is 0 Å². The normalized spacial score (nSPS) is 23.1. The minimum atomic E-state index is -0.813. The number of rotatable bonds is 2. The summed E-state index contributed by atoms with van der Waals surface area (Å²) >= 11 is 0. The monoisotopic (exact) mass is 264 g/mol. The van der Waals surface area contributed by atoms with E-state index in [0.29, 0.717) is 19.4 Å². The maximum Gasteiger partial charge on any atom is 0.306 e. The topological polar surface area (TPSA) is 90.5 Å². The zero-order valence-electron chi connectivity index (χ0n) is 10.6. The summed E-state index contributed by atoms with van der Waals surface area (Å²) in [5.74, 6) is -1.46. The average Bonchev–Trinajstić information content (AvgIpc) is 2.37. The Bertz CT molecular complexity index is 552. The van der Waals surface area contributed by atoms with Crippen LogP contribution in [0.25, 0.3) is 0 Å². The van der Waals surface area contributed by atoms with E-state index in [9.17, 15) is 14.4 Å². The summed E-state index contributed by atoms with van der Waals surface area (Å²) in [7, 11) is 0. The van der Waals surface area contributed by atoms with E-state index in [1.54, 1.807) is 11.0 Å². The lowest BCUT2D eigenvalue weighted by atomic mass is 9.91. The van der Waals surface area contributed by atoms with Gasteiger partial charge in [-0.1, -0.05) is 6.07 Å². The van der Waals surface area contributed by atoms with Gasteiger partial charge in [-0.2, -0.15) is 0 Å². The number of aliphatic carboxylic acids is 1. The lowest BCUT2D eigenvalue weighted by molar-refractivity contribution is -0.143. The van der Waals surface area contributed by atoms with Gasteiger partial charge in [-0.15, -0.1) is 0 Å². The molecule has 1 aliphatic heterocycles. The number of likely N-dealkylation sites (tertiary alicyclic amines) is 1. The van der Waals surface area contributed by atoms with Crippen molar-refractivity contribution in [2.24, 2.45) is 5.92 Å². The molecule has 1 fully saturated rings. The number of hydrogen-bond acceptors (Lipinski definition) is 3. The molecule has 0 aromatic carbocycles. The van der Waals surface area contributed by atoms with Crippen molar-refractivity contribution in [1.29, 1.82) is 0 Å². The second kappa shape index (κ2) is 5.26. The number of aromatic nitrogens is 1. The van der Waals surface area contributed by atoms with Gasteiger partial charge in [-0.05, 0) is 25.8 Å². The first-order valence-corrected chi connectivity index (χ1v) is 6.22. The molecule has 0 radical (unpaired) electrons. The van der Waals surface area contributed by atoms with Gasteiger partial charge >= 0.3 is 5.97 Å². The van der Waals surface area contributed by atoms with Crippen LogP contribution in [0, 0.1) is 5.92 Å². The van der Waals surface area contributed by atoms with Crippen LogP contribution in [0.1, 0.15) is 30.3 Å². The first kappa shape index (κ1) is 13.3. The Morgan fingerprint density at radius 1 is 1.42 bits per heavy atom. The highest BCUT2D eigenvalue weighted by molar-refractivity contribution is 5.92. The van der Waals surface area contributed by atoms with Gasteiger partial charge in [0.05, 0.1) is 5.92 Å². The highest BCUT2D eigenvalue weighted by atomic mass is 16.4. The van der Waals surface area contributed by atoms with Crippen molar-refractivity contribution in [2.75, 3.05) is 6.54 Å². The number of carboxylic acid groups (broad SMARTS) is 1. The van der Waals surface area contributed by atoms with Crippen molar-refractivity contribution in [3.63, 3.8) is 0 Å². The number of nitrogens with one attached hydrogen (secondary N) is 1. The highest BCUT2D eigenvalue weighted by Crippen LogP contribution is 2.24. The zero-order chi connectivity index (χ0) is 14.0. The van der Waals surface area contributed by atoms with Crippen molar-refractivity contribution in [3.05, 3.63) is 34.2 Å². The second-order valence-electron chi connectivity index (χ2n) is 4.84. The van der Waals surface area contributed by atoms with Gasteiger partial charge in [0.1, 0.15) is 5.69 Å². The zero-order valence-corrected chi connectivity index (χ0v) is 10.6. The molecule has 0 aliphatic carbocycles. The van der Waals surface area contributed by atoms with Crippen LogP contribution in [-0.2, 0) is 4.79 Å². The smallest absolute Gasteiger partial charge is 0.306 e. The van der Waals surface area contributed by atoms with Crippen molar-refractivity contribution in [3.8, 4) is 0 Å². The molecule has 1 aliphatic rings. The Balaban J connectivity index is 2.13. The summed E-state index contributed by atoms with van der Waals surface area (Å²) in [6.07, 6.45) is 0.890. The Labute approximate surface area is 110 Å². The summed E-state index contributed by atoms with van der Waals surface area (Å²) in [5, 5.41) is 8.98. The van der Waals surface area contributed by atoms with Crippen LogP contribution < -0.4 is 5.56 Å². The number of carbonyl (C=O) groups is 2. The van der Waals surface area contributed by atoms with Crippen molar-refractivity contribution in [2.45, 2.75) is 25.8 Å². The molecule has 2 atom stereocenters. The van der Waals surface area contributed by atoms with E-state index in [1.807, 2.05) is 6.92 Å². The first-order chi connectivity index (χ1) is 8.99. The number of carboxylic acids is 1. The fourth-order valence-corrected chi connectivity index (χ4v) is 2.43. The summed E-state index contributed by atoms with van der Waals surface area (Å²) in [5.41, 5.74) is -0.0768. The predicted molar refractivity (Wildman–Crippen MR) is 67.9 cm³/mol. The Hall–Kier alpha value is -2.11. The third-order valence-corrected chi connectivity index (χ3v) is 3.49. The fraction of sp³-hybridized carbons (Fsp3) is 0.462. The summed E-state index contributed by atoms with van der Waals surface area (Å²) in [4.78, 5) is 38.5. The molecule has 19 heavy (non-hydrogen) atoms. The molecule has 1 saturated heterocycles. The van der Waals surface area contributed by atoms with Crippen LogP contribution >= 0.6 is 0 Å². The van der Waals surface area contributed by atoms with Gasteiger partial charge in [0.15, 0.2) is 0 Å². The van der Waals surface area contributed by atoms with Crippen LogP contribution in [0.4, 0.5) is 0 Å². The molecule has 6 nitrogen and oxygen atoms in total. The standard InChI is InChI=1S/C13H16N2O4/c1-8-7-9(13(18)19)5-6-15(8)12(17)10-3-2-4-11(16)14-10/h2-4,8-9H,5-7H2,1H3,(H,14,16)(H,18,19). The van der Waals surface area contributed by atoms with Crippen LogP contribution in [0.3, 0.4) is 0 Å². The SMILES string of the molecule is CC1CC(C(=O)O)CCN1C(=O)c1cccc(=O)[nH]1. The molecule has 2 heterocycles. The van der Waals surface area contributed by atoms with E-state index in [2.05, 4.69) is 4.98 Å². The third kappa shape index (κ3) is 2.83. The molecule has 0 saturated carbocycles. The number of nitrogens with zero attached hydrogens (tertiary/aromatic N) is 1. The Morgan fingerprint density at radius 2 is 2.16 bits per heavy atom. The lowest BCUT2D eigenvalue weighted by Gasteiger charge is -2.36. The molecule has 0 spiro atoms. The molecule has 0 bridgehead atoms. The molecule has 6 heteroatoms. The maximum atomic E-state index is 12.2. The van der Waals surface area contributed by atoms with Gasteiger partial charge in [0, 0.05) is 18.7 Å². The van der Waals surface area contributed by atoms with Crippen LogP contribution in [0.2, 0.25) is 0 Å². The second-order valence-corrected chi connectivity index (χ2v) is 4.84. The maximum absolute atomic E-state index is 12.2. The lowest BCUT2D eigenvalue weighted by Crippen LogP contribution is -2.46. The number of aromatic amines is 1. The van der Waals surface area contributed by atoms with E-state index < -0.39 is 11.9 Å². The minimum Gasteiger partial charge on any atom is -0.481 e. The predicted octanol–water partition coefficient (Wildman–Crippen LogP) is 0.700. The number of pyridine rings is 1. The third-order valence-electron chi connectivity index (χ3n) is 3.49. The van der Waals surface area contributed by atoms with Crippen molar-refractivity contribution >= 4 is 11.9 Å². The van der Waals surface area contributed by atoms with Gasteiger partial charge in [-0.3, -0.25) is 14.4 Å². The highest BCUT2D eigenvalue weighted by Gasteiger charge is 2.32. The average molecular weight is 264 g/mol. The van der Waals surface area contributed by atoms with Gasteiger partial charge < -0.3 is 15.0 Å². The van der Waals surface area contributed by atoms with E-state index in [0.717, 1.165) is 0 Å². The Kier molecular flexibility index (Phi) is 3.69. The number of amides is 1. The summed E-state index contributed by atoms with van der Waals surface area (Å²) < 4.78 is 0. The molecule has 1 amide bonds. The van der Waals surface area contributed by atoms with Crippen molar-refractivity contribution in [1.82, 2.24) is 9.88 Å². The number of H-pyrrole nitrogens is 1. The van der Waals surface area contributed by atoms with Crippen LogP contribution in [-0.4, -0.2) is 39.5 Å². The summed E-state index contributed by atoms with van der Waals surface area (Å²) in [6.45, 7) is 2.22. The molecular formula is C13H16N2O4. The van der Waals surface area contributed by atoms with Gasteiger partial charge in [-0.25, -0.2) is 0 Å². The minimum absolute atomic E-state index is 0.147. The largest absolute Gasteiger partial charge is 0.481 e. The molecule has 1 aromatic rings. The molecule has 2 N–H and O–H groups in total. The molecular weight excluding hydrogens is 248 g/mol. The quantitative estimate of drug-likeness (QED) is 0.822. The van der Waals surface area contributed by atoms with E-state index in [1.165, 1.54) is 12.1 Å². The molecule has 2 unspecified atom stereocenters. The molecule has 2 rings (SSSR count). The number of carbonyl (C=O) groups excluding carboxylic acids is 1. The fourth-order valence-electron chi connectivity index (χ4n) is 2.43. The number of piperidine rings is 1.